The van der Waals surface area contributed by atoms with Crippen molar-refractivity contribution in [2.75, 3.05) is 26.9 Å². The van der Waals surface area contributed by atoms with Crippen molar-refractivity contribution in [2.45, 2.75) is 50.0 Å². The number of imidazole rings is 2. The van der Waals surface area contributed by atoms with Gasteiger partial charge in [0.15, 0.2) is 11.6 Å². The molecule has 1 aliphatic carbocycles. The highest BCUT2D eigenvalue weighted by atomic mass is 19.3. The maximum atomic E-state index is 16.0. The standard InChI is InChI=1S/C37H35F4N7O5/c1-19(2)30(47-34(50)51-3)33(49)48-18-35(52-11-12-53-35)15-29(48)32-44-17-28(46-32)21-7-9-23-22-8-6-20(27-16-43-31(45-27)26-5-4-10-42-26)13-24(22)36(38,39)37(40,41)25(23)14-21/h4-10,13-14,16-17,19,29-30,42H,11-12,15,18H2,1-3H3,(H,43,45)(H,44,46)(H,47,50)/t29-,30-/m0/s1. The molecule has 12 nitrogen and oxygen atoms in total. The minimum absolute atomic E-state index is 0.0112. The molecule has 4 N–H and O–H groups in total. The topological polar surface area (TPSA) is 150 Å². The third-order valence-corrected chi connectivity index (χ3v) is 10.1. The Morgan fingerprint density at radius 3 is 2.11 bits per heavy atom. The number of aromatic nitrogens is 5. The van der Waals surface area contributed by atoms with Crippen molar-refractivity contribution in [1.29, 1.82) is 0 Å². The van der Waals surface area contributed by atoms with Crippen LogP contribution >= 0.6 is 0 Å². The molecule has 53 heavy (non-hydrogen) atoms. The number of alkyl carbamates (subject to hydrolysis) is 1. The van der Waals surface area contributed by atoms with Crippen molar-refractivity contribution in [3.05, 3.63) is 84.1 Å². The number of fused-ring (bicyclic) bond motifs is 3. The molecule has 0 unspecified atom stereocenters. The molecule has 3 aliphatic rings. The fraction of sp³-hybridized carbons (Fsp3) is 0.351. The predicted octanol–water partition coefficient (Wildman–Crippen LogP) is 6.72. The second-order valence-corrected chi connectivity index (χ2v) is 13.7. The van der Waals surface area contributed by atoms with Gasteiger partial charge in [0.05, 0.1) is 62.4 Å². The lowest BCUT2D eigenvalue weighted by atomic mass is 9.79. The summed E-state index contributed by atoms with van der Waals surface area (Å²) in [5, 5.41) is 2.59. The van der Waals surface area contributed by atoms with Crippen LogP contribution < -0.4 is 5.32 Å². The third-order valence-electron chi connectivity index (χ3n) is 10.1. The molecule has 2 amide bonds. The maximum Gasteiger partial charge on any atom is 0.407 e. The van der Waals surface area contributed by atoms with Crippen LogP contribution in [0.15, 0.2) is 67.1 Å². The molecule has 2 saturated heterocycles. The molecule has 276 valence electrons. The largest absolute Gasteiger partial charge is 0.453 e. The van der Waals surface area contributed by atoms with Crippen LogP contribution in [-0.4, -0.2) is 80.5 Å². The Balaban J connectivity index is 1.12. The summed E-state index contributed by atoms with van der Waals surface area (Å²) in [6.07, 6.45) is 4.01. The number of carbonyl (C=O) groups is 2. The van der Waals surface area contributed by atoms with Crippen LogP contribution in [0.1, 0.15) is 43.3 Å². The van der Waals surface area contributed by atoms with Crippen molar-refractivity contribution in [3.63, 3.8) is 0 Å². The van der Waals surface area contributed by atoms with E-state index >= 15 is 17.6 Å². The smallest absolute Gasteiger partial charge is 0.407 e. The minimum atomic E-state index is -4.56. The Hall–Kier alpha value is -5.48. The number of aromatic amines is 3. The van der Waals surface area contributed by atoms with E-state index in [1.54, 1.807) is 44.3 Å². The SMILES string of the molecule is COC(=O)N[C@H](C(=O)N1CC2(C[C@H]1c1ncc(-c3ccc4c(c3)C(F)(F)C(F)(F)c3cc(-c5cnc(-c6ccc[nH]6)[nH]5)ccc3-4)[nH]1)OCCO2)C(C)C. The van der Waals surface area contributed by atoms with Gasteiger partial charge in [-0.3, -0.25) is 4.79 Å². The third kappa shape index (κ3) is 5.67. The Morgan fingerprint density at radius 1 is 0.906 bits per heavy atom. The molecule has 0 radical (unpaired) electrons. The van der Waals surface area contributed by atoms with E-state index in [4.69, 9.17) is 14.2 Å². The lowest BCUT2D eigenvalue weighted by Gasteiger charge is -2.35. The number of ether oxygens (including phenoxy) is 3. The Morgan fingerprint density at radius 2 is 1.53 bits per heavy atom. The normalized spacial score (nSPS) is 20.0. The Bertz CT molecular complexity index is 2190. The van der Waals surface area contributed by atoms with E-state index in [2.05, 4.69) is 30.2 Å². The van der Waals surface area contributed by atoms with E-state index in [-0.39, 0.29) is 46.8 Å². The second kappa shape index (κ2) is 12.6. The number of benzene rings is 2. The van der Waals surface area contributed by atoms with Crippen molar-refractivity contribution in [1.82, 2.24) is 35.1 Å². The summed E-state index contributed by atoms with van der Waals surface area (Å²) in [6, 6.07) is 10.0. The number of nitrogens with zero attached hydrogens (tertiary/aromatic N) is 3. The molecule has 5 aromatic rings. The monoisotopic (exact) mass is 733 g/mol. The van der Waals surface area contributed by atoms with E-state index in [1.165, 1.54) is 36.5 Å². The number of methoxy groups -OCH3 is 1. The average Bonchev–Trinajstić information content (AvgIpc) is 4.00. The number of hydrogen-bond donors (Lipinski definition) is 4. The van der Waals surface area contributed by atoms with E-state index < -0.39 is 52.8 Å². The molecule has 8 rings (SSSR count). The Kier molecular flexibility index (Phi) is 8.21. The zero-order chi connectivity index (χ0) is 37.3. The summed E-state index contributed by atoms with van der Waals surface area (Å²) < 4.78 is 80.4. The van der Waals surface area contributed by atoms with Gasteiger partial charge < -0.3 is 39.4 Å². The van der Waals surface area contributed by atoms with Gasteiger partial charge in [-0.15, -0.1) is 0 Å². The lowest BCUT2D eigenvalue weighted by molar-refractivity contribution is -0.225. The fourth-order valence-electron chi connectivity index (χ4n) is 7.39. The first-order valence-corrected chi connectivity index (χ1v) is 17.0. The van der Waals surface area contributed by atoms with Gasteiger partial charge in [0.1, 0.15) is 11.9 Å². The number of alkyl halides is 4. The van der Waals surface area contributed by atoms with Gasteiger partial charge in [0.2, 0.25) is 5.91 Å². The Labute approximate surface area is 300 Å². The average molecular weight is 734 g/mol. The summed E-state index contributed by atoms with van der Waals surface area (Å²) in [5.74, 6) is -10.2. The molecule has 3 aromatic heterocycles. The van der Waals surface area contributed by atoms with Crippen LogP contribution in [-0.2, 0) is 30.9 Å². The maximum absolute atomic E-state index is 16.0. The molecule has 5 heterocycles. The molecular formula is C37H35F4N7O5. The van der Waals surface area contributed by atoms with Gasteiger partial charge in [-0.2, -0.15) is 17.6 Å². The van der Waals surface area contributed by atoms with Crippen LogP contribution in [0.25, 0.3) is 45.2 Å². The number of amides is 2. The van der Waals surface area contributed by atoms with E-state index in [1.807, 2.05) is 0 Å². The van der Waals surface area contributed by atoms with Gasteiger partial charge in [-0.1, -0.05) is 38.1 Å². The highest BCUT2D eigenvalue weighted by Gasteiger charge is 2.63. The molecular weight excluding hydrogens is 698 g/mol. The van der Waals surface area contributed by atoms with Crippen LogP contribution in [0.3, 0.4) is 0 Å². The van der Waals surface area contributed by atoms with Gasteiger partial charge >= 0.3 is 17.9 Å². The highest BCUT2D eigenvalue weighted by Crippen LogP contribution is 2.58. The molecule has 0 bridgehead atoms. The molecule has 0 saturated carbocycles. The number of carbonyl (C=O) groups excluding carboxylic acids is 2. The van der Waals surface area contributed by atoms with Crippen molar-refractivity contribution < 1.29 is 41.4 Å². The number of nitrogens with one attached hydrogen (secondary N) is 4. The number of rotatable bonds is 7. The summed E-state index contributed by atoms with van der Waals surface area (Å²) in [7, 11) is 1.20. The number of halogens is 4. The molecule has 2 aromatic carbocycles. The summed E-state index contributed by atoms with van der Waals surface area (Å²) in [6.45, 7) is 4.25. The number of hydrogen-bond acceptors (Lipinski definition) is 7. The lowest BCUT2D eigenvalue weighted by Crippen LogP contribution is -2.52. The molecule has 2 aliphatic heterocycles. The molecule has 1 spiro atoms. The van der Waals surface area contributed by atoms with Gasteiger partial charge in [0, 0.05) is 34.9 Å². The first-order chi connectivity index (χ1) is 25.3. The summed E-state index contributed by atoms with van der Waals surface area (Å²) in [4.78, 5) is 45.5. The molecule has 16 heteroatoms. The zero-order valence-electron chi connectivity index (χ0n) is 28.8. The predicted molar refractivity (Wildman–Crippen MR) is 182 cm³/mol. The van der Waals surface area contributed by atoms with E-state index in [0.29, 0.717) is 36.3 Å². The van der Waals surface area contributed by atoms with E-state index in [9.17, 15) is 9.59 Å². The quantitative estimate of drug-likeness (QED) is 0.136. The summed E-state index contributed by atoms with van der Waals surface area (Å²) >= 11 is 0. The van der Waals surface area contributed by atoms with Crippen LogP contribution in [0.2, 0.25) is 0 Å². The molecule has 2 fully saturated rings. The minimum Gasteiger partial charge on any atom is -0.453 e. The van der Waals surface area contributed by atoms with Gasteiger partial charge in [0.25, 0.3) is 0 Å². The number of likely N-dealkylation sites (tertiary alicyclic amines) is 1. The highest BCUT2D eigenvalue weighted by molar-refractivity contribution is 5.87. The van der Waals surface area contributed by atoms with Gasteiger partial charge in [-0.05, 0) is 41.3 Å². The van der Waals surface area contributed by atoms with Crippen molar-refractivity contribution in [2.24, 2.45) is 5.92 Å². The molecule has 2 atom stereocenters. The van der Waals surface area contributed by atoms with Crippen LogP contribution in [0, 0.1) is 5.92 Å². The van der Waals surface area contributed by atoms with Gasteiger partial charge in [-0.25, -0.2) is 14.8 Å². The first kappa shape index (κ1) is 34.6. The summed E-state index contributed by atoms with van der Waals surface area (Å²) in [5.41, 5.74) is 0.171. The van der Waals surface area contributed by atoms with Crippen LogP contribution in [0.5, 0.6) is 0 Å². The van der Waals surface area contributed by atoms with Crippen molar-refractivity contribution >= 4 is 12.0 Å². The van der Waals surface area contributed by atoms with Crippen LogP contribution in [0.4, 0.5) is 22.4 Å². The number of H-pyrrole nitrogens is 3. The zero-order valence-corrected chi connectivity index (χ0v) is 28.8. The second-order valence-electron chi connectivity index (χ2n) is 13.7. The van der Waals surface area contributed by atoms with E-state index in [0.717, 1.165) is 12.1 Å². The van der Waals surface area contributed by atoms with Crippen molar-refractivity contribution in [3.8, 4) is 45.2 Å². The first-order valence-electron chi connectivity index (χ1n) is 17.0. The fourth-order valence-corrected chi connectivity index (χ4v) is 7.39.